The Balaban J connectivity index is 1.44. The van der Waals surface area contributed by atoms with E-state index in [0.29, 0.717) is 30.8 Å². The SMILES string of the molecule is CC(C)n1cc2cccc(C(=O)NCC3CN(C(OC(=O)/C=C/C(=O)O)c4ccccc4)CCO3)c2n1. The highest BCUT2D eigenvalue weighted by atomic mass is 16.6. The number of aliphatic carboxylic acids is 1. The number of hydrogen-bond acceptors (Lipinski definition) is 7. The number of nitrogens with one attached hydrogen (secondary N) is 1. The van der Waals surface area contributed by atoms with Gasteiger partial charge in [-0.15, -0.1) is 0 Å². The summed E-state index contributed by atoms with van der Waals surface area (Å²) in [6.45, 7) is 5.57. The first-order chi connectivity index (χ1) is 17.8. The number of carboxylic acids is 1. The summed E-state index contributed by atoms with van der Waals surface area (Å²) in [4.78, 5) is 38.0. The molecule has 10 heteroatoms. The average Bonchev–Trinajstić information content (AvgIpc) is 3.35. The van der Waals surface area contributed by atoms with Crippen LogP contribution in [0, 0.1) is 0 Å². The van der Waals surface area contributed by atoms with E-state index in [9.17, 15) is 14.4 Å². The van der Waals surface area contributed by atoms with Crippen molar-refractivity contribution in [3.63, 3.8) is 0 Å². The number of fused-ring (bicyclic) bond motifs is 1. The summed E-state index contributed by atoms with van der Waals surface area (Å²) in [5.74, 6) is -2.24. The van der Waals surface area contributed by atoms with Gasteiger partial charge in [0.05, 0.1) is 18.3 Å². The van der Waals surface area contributed by atoms with Gasteiger partial charge in [0.1, 0.15) is 5.52 Å². The number of aromatic nitrogens is 2. The molecule has 1 saturated heterocycles. The van der Waals surface area contributed by atoms with Crippen molar-refractivity contribution in [3.8, 4) is 0 Å². The van der Waals surface area contributed by atoms with Crippen LogP contribution in [0.5, 0.6) is 0 Å². The molecule has 4 rings (SSSR count). The van der Waals surface area contributed by atoms with Crippen molar-refractivity contribution in [2.75, 3.05) is 26.2 Å². The highest BCUT2D eigenvalue weighted by molar-refractivity contribution is 6.05. The first-order valence-electron chi connectivity index (χ1n) is 12.1. The van der Waals surface area contributed by atoms with Crippen LogP contribution in [0.2, 0.25) is 0 Å². The third kappa shape index (κ3) is 6.60. The summed E-state index contributed by atoms with van der Waals surface area (Å²) in [5.41, 5.74) is 1.88. The molecule has 2 heterocycles. The lowest BCUT2D eigenvalue weighted by Gasteiger charge is -2.37. The van der Waals surface area contributed by atoms with E-state index in [1.165, 1.54) is 0 Å². The van der Waals surface area contributed by atoms with Gasteiger partial charge in [0.25, 0.3) is 5.91 Å². The molecule has 0 aliphatic carbocycles. The third-order valence-electron chi connectivity index (χ3n) is 5.99. The largest absolute Gasteiger partial charge is 0.478 e. The molecule has 10 nitrogen and oxygen atoms in total. The van der Waals surface area contributed by atoms with Crippen molar-refractivity contribution < 1.29 is 29.0 Å². The van der Waals surface area contributed by atoms with E-state index in [-0.39, 0.29) is 24.6 Å². The molecule has 2 unspecified atom stereocenters. The number of morpholine rings is 1. The van der Waals surface area contributed by atoms with Gasteiger partial charge < -0.3 is 19.9 Å². The smallest absolute Gasteiger partial charge is 0.332 e. The monoisotopic (exact) mass is 506 g/mol. The van der Waals surface area contributed by atoms with E-state index in [1.807, 2.05) is 72.1 Å². The fourth-order valence-corrected chi connectivity index (χ4v) is 4.15. The number of carboxylic acid groups (broad SMARTS) is 1. The highest BCUT2D eigenvalue weighted by Gasteiger charge is 2.30. The summed E-state index contributed by atoms with van der Waals surface area (Å²) >= 11 is 0. The molecule has 0 bridgehead atoms. The van der Waals surface area contributed by atoms with Gasteiger partial charge in [-0.3, -0.25) is 14.4 Å². The third-order valence-corrected chi connectivity index (χ3v) is 5.99. The van der Waals surface area contributed by atoms with Crippen molar-refractivity contribution >= 4 is 28.7 Å². The lowest BCUT2D eigenvalue weighted by atomic mass is 10.1. The maximum absolute atomic E-state index is 13.0. The van der Waals surface area contributed by atoms with Crippen LogP contribution >= 0.6 is 0 Å². The predicted octanol–water partition coefficient (Wildman–Crippen LogP) is 2.93. The number of benzene rings is 2. The van der Waals surface area contributed by atoms with Crippen molar-refractivity contribution in [1.82, 2.24) is 20.0 Å². The number of carbonyl (C=O) groups excluding carboxylic acids is 2. The van der Waals surface area contributed by atoms with Crippen LogP contribution in [-0.4, -0.2) is 70.0 Å². The molecule has 1 amide bonds. The second-order valence-electron chi connectivity index (χ2n) is 9.02. The fourth-order valence-electron chi connectivity index (χ4n) is 4.15. The zero-order valence-electron chi connectivity index (χ0n) is 20.7. The number of hydrogen-bond donors (Lipinski definition) is 2. The van der Waals surface area contributed by atoms with E-state index >= 15 is 0 Å². The molecule has 0 spiro atoms. The number of nitrogens with zero attached hydrogens (tertiary/aromatic N) is 3. The molecule has 2 aromatic carbocycles. The second kappa shape index (κ2) is 11.8. The van der Waals surface area contributed by atoms with Crippen LogP contribution in [-0.2, 0) is 19.1 Å². The summed E-state index contributed by atoms with van der Waals surface area (Å²) in [6, 6.07) is 14.9. The Kier molecular flexibility index (Phi) is 8.32. The van der Waals surface area contributed by atoms with Crippen LogP contribution in [0.25, 0.3) is 10.9 Å². The highest BCUT2D eigenvalue weighted by Crippen LogP contribution is 2.25. The van der Waals surface area contributed by atoms with Crippen LogP contribution in [0.4, 0.5) is 0 Å². The topological polar surface area (TPSA) is 123 Å². The number of amides is 1. The number of esters is 1. The van der Waals surface area contributed by atoms with E-state index in [1.54, 1.807) is 6.07 Å². The van der Waals surface area contributed by atoms with Gasteiger partial charge in [0, 0.05) is 55.0 Å². The van der Waals surface area contributed by atoms with Gasteiger partial charge in [0.15, 0.2) is 6.23 Å². The summed E-state index contributed by atoms with van der Waals surface area (Å²) in [5, 5.41) is 17.2. The Bertz CT molecular complexity index is 1290. The minimum Gasteiger partial charge on any atom is -0.478 e. The molecular formula is C27H30N4O6. The van der Waals surface area contributed by atoms with E-state index in [4.69, 9.17) is 14.6 Å². The molecule has 1 fully saturated rings. The zero-order chi connectivity index (χ0) is 26.4. The van der Waals surface area contributed by atoms with Gasteiger partial charge in [0.2, 0.25) is 0 Å². The summed E-state index contributed by atoms with van der Waals surface area (Å²) < 4.78 is 13.3. The molecule has 0 saturated carbocycles. The zero-order valence-corrected chi connectivity index (χ0v) is 20.7. The minimum atomic E-state index is -1.23. The number of rotatable bonds is 9. The molecule has 1 aliphatic rings. The lowest BCUT2D eigenvalue weighted by Crippen LogP contribution is -2.49. The van der Waals surface area contributed by atoms with Gasteiger partial charge in [-0.25, -0.2) is 9.59 Å². The maximum Gasteiger partial charge on any atom is 0.332 e. The van der Waals surface area contributed by atoms with Crippen LogP contribution in [0.1, 0.15) is 42.0 Å². The molecular weight excluding hydrogens is 476 g/mol. The number of ether oxygens (including phenoxy) is 2. The molecule has 37 heavy (non-hydrogen) atoms. The Labute approximate surface area is 214 Å². The van der Waals surface area contributed by atoms with Crippen LogP contribution < -0.4 is 5.32 Å². The summed E-state index contributed by atoms with van der Waals surface area (Å²) in [7, 11) is 0. The van der Waals surface area contributed by atoms with E-state index in [0.717, 1.165) is 23.1 Å². The maximum atomic E-state index is 13.0. The second-order valence-corrected chi connectivity index (χ2v) is 9.02. The Morgan fingerprint density at radius 2 is 1.95 bits per heavy atom. The average molecular weight is 507 g/mol. The first-order valence-corrected chi connectivity index (χ1v) is 12.1. The predicted molar refractivity (Wildman–Crippen MR) is 136 cm³/mol. The summed E-state index contributed by atoms with van der Waals surface area (Å²) in [6.07, 6.45) is 2.48. The molecule has 2 atom stereocenters. The van der Waals surface area contributed by atoms with Crippen molar-refractivity contribution in [3.05, 3.63) is 78.0 Å². The van der Waals surface area contributed by atoms with Crippen molar-refractivity contribution in [2.24, 2.45) is 0 Å². The lowest BCUT2D eigenvalue weighted by molar-refractivity contribution is -0.162. The van der Waals surface area contributed by atoms with Crippen molar-refractivity contribution in [2.45, 2.75) is 32.2 Å². The van der Waals surface area contributed by atoms with Gasteiger partial charge in [-0.2, -0.15) is 5.10 Å². The minimum absolute atomic E-state index is 0.177. The normalized spacial score (nSPS) is 17.2. The van der Waals surface area contributed by atoms with Gasteiger partial charge in [-0.05, 0) is 19.9 Å². The molecule has 2 N–H and O–H groups in total. The molecule has 1 aromatic heterocycles. The Hall–Kier alpha value is -4.02. The number of carbonyl (C=O) groups is 3. The van der Waals surface area contributed by atoms with E-state index < -0.39 is 18.2 Å². The quantitative estimate of drug-likeness (QED) is 0.336. The van der Waals surface area contributed by atoms with Gasteiger partial charge in [-0.1, -0.05) is 42.5 Å². The van der Waals surface area contributed by atoms with Crippen LogP contribution in [0.15, 0.2) is 66.9 Å². The molecule has 3 aromatic rings. The Morgan fingerprint density at radius 3 is 2.68 bits per heavy atom. The fraction of sp³-hybridized carbons (Fsp3) is 0.333. The molecule has 0 radical (unpaired) electrons. The van der Waals surface area contributed by atoms with Gasteiger partial charge >= 0.3 is 11.9 Å². The molecule has 1 aliphatic heterocycles. The van der Waals surface area contributed by atoms with Crippen molar-refractivity contribution in [1.29, 1.82) is 0 Å². The van der Waals surface area contributed by atoms with Crippen LogP contribution in [0.3, 0.4) is 0 Å². The van der Waals surface area contributed by atoms with E-state index in [2.05, 4.69) is 10.4 Å². The molecule has 194 valence electrons. The first kappa shape index (κ1) is 26.1. The Morgan fingerprint density at radius 1 is 1.16 bits per heavy atom. The standard InChI is InChI=1S/C27H30N4O6/c1-18(2)31-16-20-9-6-10-22(25(20)29-31)26(35)28-15-21-17-30(13-14-36-21)27(19-7-4-3-5-8-19)37-24(34)12-11-23(32)33/h3-12,16,18,21,27H,13-15,17H2,1-2H3,(H,28,35)(H,32,33)/b12-11+.